The summed E-state index contributed by atoms with van der Waals surface area (Å²) in [5.41, 5.74) is 0. The average molecular weight is 315 g/mol. The van der Waals surface area contributed by atoms with E-state index in [1.165, 1.54) is 4.31 Å². The van der Waals surface area contributed by atoms with Gasteiger partial charge in [0.1, 0.15) is 10.7 Å². The molecule has 21 heavy (non-hydrogen) atoms. The summed E-state index contributed by atoms with van der Waals surface area (Å²) in [5.74, 6) is 0.355. The van der Waals surface area contributed by atoms with Gasteiger partial charge >= 0.3 is 0 Å². The average Bonchev–Trinajstić information content (AvgIpc) is 2.48. The molecular weight excluding hydrogens is 290 g/mol. The van der Waals surface area contributed by atoms with Gasteiger partial charge in [0.15, 0.2) is 0 Å². The number of nitrogens with zero attached hydrogens (tertiary/aromatic N) is 2. The molecular formula is C14H25N3O3S. The van der Waals surface area contributed by atoms with Crippen LogP contribution in [0.3, 0.4) is 0 Å². The number of hydrogen-bond donors (Lipinski definition) is 2. The molecule has 0 aliphatic heterocycles. The summed E-state index contributed by atoms with van der Waals surface area (Å²) in [4.78, 5) is 4.27. The Balaban J connectivity index is 3.28. The summed E-state index contributed by atoms with van der Waals surface area (Å²) in [6.07, 6.45) is 2.96. The van der Waals surface area contributed by atoms with Crippen molar-refractivity contribution in [3.63, 3.8) is 0 Å². The third-order valence-corrected chi connectivity index (χ3v) is 5.36. The molecule has 1 heterocycles. The lowest BCUT2D eigenvalue weighted by atomic mass is 10.2. The Kier molecular flexibility index (Phi) is 7.07. The highest BCUT2D eigenvalue weighted by atomic mass is 32.2. The first-order valence-electron chi connectivity index (χ1n) is 7.34. The van der Waals surface area contributed by atoms with E-state index >= 15 is 0 Å². The highest BCUT2D eigenvalue weighted by Gasteiger charge is 2.31. The maximum Gasteiger partial charge on any atom is 0.247 e. The van der Waals surface area contributed by atoms with Crippen LogP contribution in [0.1, 0.15) is 33.6 Å². The second-order valence-corrected chi connectivity index (χ2v) is 6.55. The van der Waals surface area contributed by atoms with Gasteiger partial charge in [0.25, 0.3) is 0 Å². The molecule has 1 aromatic heterocycles. The van der Waals surface area contributed by atoms with Gasteiger partial charge in [-0.1, -0.05) is 13.8 Å². The maximum absolute atomic E-state index is 12.9. The van der Waals surface area contributed by atoms with Gasteiger partial charge in [-0.2, -0.15) is 4.31 Å². The van der Waals surface area contributed by atoms with Crippen molar-refractivity contribution in [2.75, 3.05) is 25.0 Å². The predicted octanol–water partition coefficient (Wildman–Crippen LogP) is 1.68. The van der Waals surface area contributed by atoms with Crippen molar-refractivity contribution in [1.29, 1.82) is 0 Å². The molecule has 0 saturated heterocycles. The Labute approximate surface area is 127 Å². The monoisotopic (exact) mass is 315 g/mol. The summed E-state index contributed by atoms with van der Waals surface area (Å²) >= 11 is 0. The number of anilines is 1. The molecule has 0 amide bonds. The zero-order valence-corrected chi connectivity index (χ0v) is 13.7. The maximum atomic E-state index is 12.9. The number of aromatic nitrogens is 1. The van der Waals surface area contributed by atoms with Crippen LogP contribution in [0.2, 0.25) is 0 Å². The third kappa shape index (κ3) is 4.15. The van der Waals surface area contributed by atoms with Crippen LogP contribution in [0.25, 0.3) is 0 Å². The molecule has 0 radical (unpaired) electrons. The normalized spacial score (nSPS) is 12.1. The zero-order chi connectivity index (χ0) is 15.9. The van der Waals surface area contributed by atoms with Crippen molar-refractivity contribution in [2.45, 2.75) is 44.6 Å². The van der Waals surface area contributed by atoms with Crippen LogP contribution < -0.4 is 5.32 Å². The molecule has 0 unspecified atom stereocenters. The summed E-state index contributed by atoms with van der Waals surface area (Å²) in [6, 6.07) is 3.03. The van der Waals surface area contributed by atoms with Crippen molar-refractivity contribution >= 4 is 15.8 Å². The number of sulfonamides is 1. The highest BCUT2D eigenvalue weighted by Crippen LogP contribution is 2.25. The Morgan fingerprint density at radius 2 is 2.00 bits per heavy atom. The van der Waals surface area contributed by atoms with Crippen LogP contribution in [0.4, 0.5) is 5.82 Å². The van der Waals surface area contributed by atoms with Gasteiger partial charge in [0.2, 0.25) is 10.0 Å². The molecule has 7 heteroatoms. The fraction of sp³-hybridized carbons (Fsp3) is 0.643. The van der Waals surface area contributed by atoms with Crippen molar-refractivity contribution in [1.82, 2.24) is 9.29 Å². The Hall–Kier alpha value is -1.18. The van der Waals surface area contributed by atoms with Gasteiger partial charge in [0.05, 0.1) is 6.61 Å². The van der Waals surface area contributed by atoms with Crippen LogP contribution in [-0.4, -0.2) is 48.6 Å². The minimum atomic E-state index is -3.69. The number of aliphatic hydroxyl groups is 1. The van der Waals surface area contributed by atoms with Crippen LogP contribution in [0.5, 0.6) is 0 Å². The van der Waals surface area contributed by atoms with E-state index in [0.717, 1.165) is 0 Å². The van der Waals surface area contributed by atoms with Gasteiger partial charge in [0, 0.05) is 25.3 Å². The SMILES string of the molecule is CCNc1ncccc1S(=O)(=O)N(CCO)C(CC)CC. The Morgan fingerprint density at radius 1 is 1.33 bits per heavy atom. The van der Waals surface area contributed by atoms with Gasteiger partial charge in [-0.3, -0.25) is 0 Å². The first-order chi connectivity index (χ1) is 10.0. The minimum absolute atomic E-state index is 0.0924. The summed E-state index contributed by atoms with van der Waals surface area (Å²) in [5, 5.41) is 12.2. The molecule has 0 aliphatic rings. The van der Waals surface area contributed by atoms with Crippen LogP contribution in [-0.2, 0) is 10.0 Å². The van der Waals surface area contributed by atoms with Crippen molar-refractivity contribution in [3.05, 3.63) is 18.3 Å². The number of rotatable bonds is 9. The molecule has 6 nitrogen and oxygen atoms in total. The number of pyridine rings is 1. The van der Waals surface area contributed by atoms with E-state index in [-0.39, 0.29) is 24.1 Å². The van der Waals surface area contributed by atoms with Crippen LogP contribution >= 0.6 is 0 Å². The largest absolute Gasteiger partial charge is 0.395 e. The van der Waals surface area contributed by atoms with E-state index in [1.54, 1.807) is 18.3 Å². The van der Waals surface area contributed by atoms with E-state index in [0.29, 0.717) is 25.2 Å². The van der Waals surface area contributed by atoms with E-state index in [9.17, 15) is 13.5 Å². The molecule has 0 aromatic carbocycles. The quantitative estimate of drug-likeness (QED) is 0.724. The molecule has 0 aliphatic carbocycles. The number of aliphatic hydroxyl groups excluding tert-OH is 1. The second kappa shape index (κ2) is 8.31. The fourth-order valence-electron chi connectivity index (χ4n) is 2.32. The van der Waals surface area contributed by atoms with Crippen molar-refractivity contribution in [2.24, 2.45) is 0 Å². The van der Waals surface area contributed by atoms with Crippen LogP contribution in [0.15, 0.2) is 23.2 Å². The van der Waals surface area contributed by atoms with Gasteiger partial charge in [-0.15, -0.1) is 0 Å². The van der Waals surface area contributed by atoms with Crippen LogP contribution in [0, 0.1) is 0 Å². The lowest BCUT2D eigenvalue weighted by molar-refractivity contribution is 0.219. The number of hydrogen-bond acceptors (Lipinski definition) is 5. The van der Waals surface area contributed by atoms with E-state index in [2.05, 4.69) is 10.3 Å². The first-order valence-corrected chi connectivity index (χ1v) is 8.78. The standard InChI is InChI=1S/C14H25N3O3S/c1-4-12(5-2)17(10-11-18)21(19,20)13-8-7-9-16-14(13)15-6-3/h7-9,12,18H,4-6,10-11H2,1-3H3,(H,15,16). The Morgan fingerprint density at radius 3 is 2.52 bits per heavy atom. The van der Waals surface area contributed by atoms with Gasteiger partial charge in [-0.25, -0.2) is 13.4 Å². The smallest absolute Gasteiger partial charge is 0.247 e. The highest BCUT2D eigenvalue weighted by molar-refractivity contribution is 7.89. The van der Waals surface area contributed by atoms with E-state index in [1.807, 2.05) is 20.8 Å². The molecule has 0 fully saturated rings. The van der Waals surface area contributed by atoms with E-state index in [4.69, 9.17) is 0 Å². The van der Waals surface area contributed by atoms with Crippen molar-refractivity contribution < 1.29 is 13.5 Å². The first kappa shape index (κ1) is 17.9. The fourth-order valence-corrected chi connectivity index (χ4v) is 4.20. The zero-order valence-electron chi connectivity index (χ0n) is 12.9. The minimum Gasteiger partial charge on any atom is -0.395 e. The summed E-state index contributed by atoms with van der Waals surface area (Å²) < 4.78 is 27.2. The van der Waals surface area contributed by atoms with Crippen molar-refractivity contribution in [3.8, 4) is 0 Å². The number of nitrogens with one attached hydrogen (secondary N) is 1. The summed E-state index contributed by atoms with van der Waals surface area (Å²) in [6.45, 7) is 6.26. The molecule has 0 atom stereocenters. The predicted molar refractivity (Wildman–Crippen MR) is 83.7 cm³/mol. The molecule has 1 rings (SSSR count). The summed E-state index contributed by atoms with van der Waals surface area (Å²) in [7, 11) is -3.69. The molecule has 0 bridgehead atoms. The molecule has 1 aromatic rings. The molecule has 2 N–H and O–H groups in total. The third-order valence-electron chi connectivity index (χ3n) is 3.37. The molecule has 0 saturated carbocycles. The van der Waals surface area contributed by atoms with Gasteiger partial charge < -0.3 is 10.4 Å². The second-order valence-electron chi connectivity index (χ2n) is 4.69. The van der Waals surface area contributed by atoms with E-state index < -0.39 is 10.0 Å². The topological polar surface area (TPSA) is 82.5 Å². The lowest BCUT2D eigenvalue weighted by Gasteiger charge is -2.29. The Bertz CT molecular complexity index is 530. The molecule has 0 spiro atoms. The lowest BCUT2D eigenvalue weighted by Crippen LogP contribution is -2.41. The van der Waals surface area contributed by atoms with Gasteiger partial charge in [-0.05, 0) is 31.9 Å². The molecule has 120 valence electrons.